The lowest BCUT2D eigenvalue weighted by Gasteiger charge is -2.37. The van der Waals surface area contributed by atoms with Gasteiger partial charge in [0.1, 0.15) is 6.04 Å². The normalized spacial score (nSPS) is 13.2. The summed E-state index contributed by atoms with van der Waals surface area (Å²) in [5, 5.41) is 11.5. The van der Waals surface area contributed by atoms with Crippen LogP contribution in [0.2, 0.25) is 0 Å². The van der Waals surface area contributed by atoms with E-state index in [1.807, 2.05) is 20.9 Å². The second kappa shape index (κ2) is 10.6. The number of amides is 2. The van der Waals surface area contributed by atoms with Gasteiger partial charge in [-0.05, 0) is 27.8 Å². The van der Waals surface area contributed by atoms with E-state index < -0.39 is 6.04 Å². The van der Waals surface area contributed by atoms with Crippen LogP contribution in [-0.4, -0.2) is 85.3 Å². The SMILES string of the molecule is CC(C)C(=O)N(C)[C@H](CN(C)C(C)(C)C)C(=O)NCCOCCO. The van der Waals surface area contributed by atoms with Gasteiger partial charge < -0.3 is 20.1 Å². The molecule has 0 aromatic rings. The van der Waals surface area contributed by atoms with E-state index in [0.717, 1.165) is 0 Å². The Morgan fingerprint density at radius 1 is 1.17 bits per heavy atom. The summed E-state index contributed by atoms with van der Waals surface area (Å²) in [5.41, 5.74) is -0.107. The summed E-state index contributed by atoms with van der Waals surface area (Å²) in [7, 11) is 3.61. The van der Waals surface area contributed by atoms with Crippen LogP contribution >= 0.6 is 0 Å². The summed E-state index contributed by atoms with van der Waals surface area (Å²) >= 11 is 0. The van der Waals surface area contributed by atoms with Crippen LogP contribution in [0.4, 0.5) is 0 Å². The maximum atomic E-state index is 12.6. The van der Waals surface area contributed by atoms with Gasteiger partial charge in [-0.3, -0.25) is 14.5 Å². The lowest BCUT2D eigenvalue weighted by Crippen LogP contribution is -2.56. The van der Waals surface area contributed by atoms with Crippen molar-refractivity contribution in [3.8, 4) is 0 Å². The van der Waals surface area contributed by atoms with Gasteiger partial charge in [-0.15, -0.1) is 0 Å². The van der Waals surface area contributed by atoms with Crippen LogP contribution < -0.4 is 5.32 Å². The monoisotopic (exact) mass is 345 g/mol. The fourth-order valence-corrected chi connectivity index (χ4v) is 2.01. The molecule has 2 amide bonds. The Labute approximate surface area is 146 Å². The number of likely N-dealkylation sites (N-methyl/N-ethyl adjacent to an activating group) is 2. The van der Waals surface area contributed by atoms with Crippen molar-refractivity contribution in [2.75, 3.05) is 47.0 Å². The molecule has 0 spiro atoms. The highest BCUT2D eigenvalue weighted by atomic mass is 16.5. The molecule has 0 radical (unpaired) electrons. The van der Waals surface area contributed by atoms with Crippen molar-refractivity contribution in [1.82, 2.24) is 15.1 Å². The van der Waals surface area contributed by atoms with E-state index in [2.05, 4.69) is 31.0 Å². The first-order chi connectivity index (χ1) is 11.0. The zero-order valence-electron chi connectivity index (χ0n) is 16.3. The molecule has 0 aliphatic heterocycles. The Hall–Kier alpha value is -1.18. The molecule has 7 nitrogen and oxygen atoms in total. The summed E-state index contributed by atoms with van der Waals surface area (Å²) in [6.45, 7) is 11.2. The number of nitrogens with zero attached hydrogens (tertiary/aromatic N) is 2. The summed E-state index contributed by atoms with van der Waals surface area (Å²) in [6.07, 6.45) is 0. The number of rotatable bonds is 10. The molecule has 0 saturated heterocycles. The molecular formula is C17H35N3O4. The first kappa shape index (κ1) is 22.8. The van der Waals surface area contributed by atoms with Crippen molar-refractivity contribution in [2.24, 2.45) is 5.92 Å². The van der Waals surface area contributed by atoms with Crippen LogP contribution in [-0.2, 0) is 14.3 Å². The predicted octanol–water partition coefficient (Wildman–Crippen LogP) is 0.325. The third kappa shape index (κ3) is 8.08. The van der Waals surface area contributed by atoms with Crippen molar-refractivity contribution in [3.63, 3.8) is 0 Å². The lowest BCUT2D eigenvalue weighted by molar-refractivity contribution is -0.142. The molecule has 0 fully saturated rings. The number of aliphatic hydroxyl groups excluding tert-OH is 1. The lowest BCUT2D eigenvalue weighted by atomic mass is 10.0. The maximum Gasteiger partial charge on any atom is 0.244 e. The molecule has 2 N–H and O–H groups in total. The molecule has 0 unspecified atom stereocenters. The topological polar surface area (TPSA) is 82.1 Å². The van der Waals surface area contributed by atoms with Gasteiger partial charge in [0.15, 0.2) is 0 Å². The number of hydrogen-bond acceptors (Lipinski definition) is 5. The molecule has 0 aromatic heterocycles. The van der Waals surface area contributed by atoms with Gasteiger partial charge in [-0.2, -0.15) is 0 Å². The molecular weight excluding hydrogens is 310 g/mol. The molecule has 0 aromatic carbocycles. The van der Waals surface area contributed by atoms with Crippen LogP contribution in [0.3, 0.4) is 0 Å². The van der Waals surface area contributed by atoms with E-state index in [0.29, 0.717) is 19.7 Å². The molecule has 142 valence electrons. The molecule has 0 bridgehead atoms. The molecule has 0 heterocycles. The fourth-order valence-electron chi connectivity index (χ4n) is 2.01. The fraction of sp³-hybridized carbons (Fsp3) is 0.882. The number of carbonyl (C=O) groups excluding carboxylic acids is 2. The van der Waals surface area contributed by atoms with Gasteiger partial charge in [-0.25, -0.2) is 0 Å². The largest absolute Gasteiger partial charge is 0.394 e. The van der Waals surface area contributed by atoms with Crippen LogP contribution in [0.25, 0.3) is 0 Å². The van der Waals surface area contributed by atoms with Gasteiger partial charge in [-0.1, -0.05) is 13.8 Å². The average molecular weight is 345 g/mol. The smallest absolute Gasteiger partial charge is 0.244 e. The van der Waals surface area contributed by atoms with Gasteiger partial charge >= 0.3 is 0 Å². The minimum absolute atomic E-state index is 0.0431. The van der Waals surface area contributed by atoms with Gasteiger partial charge in [0.25, 0.3) is 0 Å². The summed E-state index contributed by atoms with van der Waals surface area (Å²) < 4.78 is 5.14. The van der Waals surface area contributed by atoms with E-state index in [1.54, 1.807) is 7.05 Å². The van der Waals surface area contributed by atoms with Crippen LogP contribution in [0.1, 0.15) is 34.6 Å². The first-order valence-electron chi connectivity index (χ1n) is 8.46. The number of carbonyl (C=O) groups is 2. The van der Waals surface area contributed by atoms with Crippen LogP contribution in [0.15, 0.2) is 0 Å². The number of hydrogen-bond donors (Lipinski definition) is 2. The summed E-state index contributed by atoms with van der Waals surface area (Å²) in [4.78, 5) is 28.5. The Bertz CT molecular complexity index is 394. The zero-order chi connectivity index (χ0) is 18.9. The zero-order valence-corrected chi connectivity index (χ0v) is 16.3. The first-order valence-corrected chi connectivity index (χ1v) is 8.46. The van der Waals surface area contributed by atoms with Crippen LogP contribution in [0.5, 0.6) is 0 Å². The number of aliphatic hydroxyl groups is 1. The highest BCUT2D eigenvalue weighted by molar-refractivity contribution is 5.88. The second-order valence-corrected chi connectivity index (χ2v) is 7.30. The number of nitrogens with one attached hydrogen (secondary N) is 1. The van der Waals surface area contributed by atoms with Gasteiger partial charge in [0, 0.05) is 31.6 Å². The highest BCUT2D eigenvalue weighted by Gasteiger charge is 2.31. The van der Waals surface area contributed by atoms with E-state index in [9.17, 15) is 9.59 Å². The molecule has 0 aliphatic carbocycles. The van der Waals surface area contributed by atoms with E-state index in [4.69, 9.17) is 9.84 Å². The van der Waals surface area contributed by atoms with E-state index in [-0.39, 0.29) is 36.5 Å². The molecule has 7 heteroatoms. The molecule has 24 heavy (non-hydrogen) atoms. The molecule has 0 saturated carbocycles. The Kier molecular flexibility index (Phi) is 10.1. The van der Waals surface area contributed by atoms with Crippen molar-refractivity contribution in [2.45, 2.75) is 46.2 Å². The number of ether oxygens (including phenoxy) is 1. The Morgan fingerprint density at radius 2 is 1.75 bits per heavy atom. The van der Waals surface area contributed by atoms with Crippen molar-refractivity contribution in [3.05, 3.63) is 0 Å². The molecule has 0 aliphatic rings. The predicted molar refractivity (Wildman–Crippen MR) is 94.7 cm³/mol. The standard InChI is InChI=1S/C17H35N3O4/c1-13(2)16(23)20(7)14(12-19(6)17(3,4)5)15(22)18-8-10-24-11-9-21/h13-14,21H,8-12H2,1-7H3,(H,18,22)/t14-/m1/s1. The second-order valence-electron chi connectivity index (χ2n) is 7.30. The Morgan fingerprint density at radius 3 is 2.21 bits per heavy atom. The quantitative estimate of drug-likeness (QED) is 0.558. The van der Waals surface area contributed by atoms with Crippen LogP contribution in [0, 0.1) is 5.92 Å². The van der Waals surface area contributed by atoms with Crippen molar-refractivity contribution < 1.29 is 19.4 Å². The Balaban J connectivity index is 4.90. The van der Waals surface area contributed by atoms with Crippen molar-refractivity contribution >= 4 is 11.8 Å². The molecule has 1 atom stereocenters. The molecule has 0 rings (SSSR count). The van der Waals surface area contributed by atoms with E-state index >= 15 is 0 Å². The van der Waals surface area contributed by atoms with Gasteiger partial charge in [0.05, 0.1) is 19.8 Å². The highest BCUT2D eigenvalue weighted by Crippen LogP contribution is 2.14. The third-order valence-corrected chi connectivity index (χ3v) is 3.98. The summed E-state index contributed by atoms with van der Waals surface area (Å²) in [6, 6.07) is -0.568. The minimum atomic E-state index is -0.568. The average Bonchev–Trinajstić information content (AvgIpc) is 2.49. The van der Waals surface area contributed by atoms with Gasteiger partial charge in [0.2, 0.25) is 11.8 Å². The minimum Gasteiger partial charge on any atom is -0.394 e. The maximum absolute atomic E-state index is 12.6. The van der Waals surface area contributed by atoms with E-state index in [1.165, 1.54) is 4.90 Å². The summed E-state index contributed by atoms with van der Waals surface area (Å²) in [5.74, 6) is -0.428. The third-order valence-electron chi connectivity index (χ3n) is 3.98. The van der Waals surface area contributed by atoms with Crippen molar-refractivity contribution in [1.29, 1.82) is 0 Å².